The lowest BCUT2D eigenvalue weighted by molar-refractivity contribution is -0.146. The van der Waals surface area contributed by atoms with Crippen LogP contribution in [0.4, 0.5) is 15.8 Å². The van der Waals surface area contributed by atoms with Gasteiger partial charge in [-0.1, -0.05) is 54.6 Å². The van der Waals surface area contributed by atoms with Gasteiger partial charge < -0.3 is 9.64 Å². The molecule has 0 unspecified atom stereocenters. The summed E-state index contributed by atoms with van der Waals surface area (Å²) in [7, 11) is 0. The summed E-state index contributed by atoms with van der Waals surface area (Å²) in [6, 6.07) is 20.1. The van der Waals surface area contributed by atoms with Crippen LogP contribution in [0.1, 0.15) is 21.5 Å². The number of hydrogen-bond acceptors (Lipinski definition) is 3. The van der Waals surface area contributed by atoms with Crippen LogP contribution in [0.15, 0.2) is 85.5 Å². The maximum Gasteiger partial charge on any atom is 0.286 e. The molecule has 0 bridgehead atoms. The zero-order valence-corrected chi connectivity index (χ0v) is 16.6. The average molecular weight is 414 g/mol. The third-order valence-electron chi connectivity index (χ3n) is 5.70. The first-order valence-corrected chi connectivity index (χ1v) is 9.93. The van der Waals surface area contributed by atoms with Gasteiger partial charge in [0.25, 0.3) is 17.5 Å². The van der Waals surface area contributed by atoms with Crippen LogP contribution in [0.25, 0.3) is 0 Å². The zero-order valence-electron chi connectivity index (χ0n) is 16.6. The molecule has 154 valence electrons. The van der Waals surface area contributed by atoms with Crippen molar-refractivity contribution in [1.29, 1.82) is 0 Å². The molecule has 1 atom stereocenters. The van der Waals surface area contributed by atoms with E-state index in [1.165, 1.54) is 28.0 Å². The van der Waals surface area contributed by atoms with Gasteiger partial charge in [0.1, 0.15) is 5.82 Å². The van der Waals surface area contributed by atoms with E-state index in [2.05, 4.69) is 6.58 Å². The van der Waals surface area contributed by atoms with Gasteiger partial charge in [0, 0.05) is 17.7 Å². The molecular formula is C25H19FN2O3. The highest BCUT2D eigenvalue weighted by molar-refractivity contribution is 6.17. The molecule has 0 fully saturated rings. The number of carbonyl (C=O) groups is 2. The van der Waals surface area contributed by atoms with Gasteiger partial charge in [-0.05, 0) is 24.3 Å². The van der Waals surface area contributed by atoms with E-state index in [1.54, 1.807) is 42.5 Å². The molecule has 2 aliphatic heterocycles. The van der Waals surface area contributed by atoms with Crippen molar-refractivity contribution in [3.05, 3.63) is 108 Å². The van der Waals surface area contributed by atoms with Crippen molar-refractivity contribution in [1.82, 2.24) is 0 Å². The first-order valence-electron chi connectivity index (χ1n) is 9.93. The third-order valence-corrected chi connectivity index (χ3v) is 5.70. The molecule has 0 aromatic heterocycles. The number of carbonyl (C=O) groups excluding carboxylic acids is 2. The molecule has 3 aromatic carbocycles. The molecule has 0 aliphatic carbocycles. The average Bonchev–Trinajstić information content (AvgIpc) is 3.02. The van der Waals surface area contributed by atoms with Gasteiger partial charge in [0.05, 0.1) is 23.5 Å². The van der Waals surface area contributed by atoms with Gasteiger partial charge >= 0.3 is 0 Å². The maximum absolute atomic E-state index is 14.6. The number of nitrogens with zero attached hydrogens (tertiary/aromatic N) is 2. The molecule has 0 radical (unpaired) electrons. The Kier molecular flexibility index (Phi) is 4.45. The van der Waals surface area contributed by atoms with Gasteiger partial charge in [-0.25, -0.2) is 4.39 Å². The Morgan fingerprint density at radius 1 is 1.03 bits per heavy atom. The fourth-order valence-electron chi connectivity index (χ4n) is 4.34. The highest BCUT2D eigenvalue weighted by Crippen LogP contribution is 2.50. The van der Waals surface area contributed by atoms with Crippen LogP contribution < -0.4 is 9.80 Å². The van der Waals surface area contributed by atoms with Crippen molar-refractivity contribution in [3.8, 4) is 0 Å². The quantitative estimate of drug-likeness (QED) is 0.598. The van der Waals surface area contributed by atoms with Gasteiger partial charge in [-0.3, -0.25) is 14.5 Å². The van der Waals surface area contributed by atoms with Gasteiger partial charge in [0.15, 0.2) is 0 Å². The molecule has 2 aliphatic rings. The molecule has 0 saturated heterocycles. The van der Waals surface area contributed by atoms with Crippen molar-refractivity contribution >= 4 is 23.2 Å². The molecule has 3 aromatic rings. The van der Waals surface area contributed by atoms with E-state index in [1.807, 2.05) is 18.2 Å². The molecule has 5 rings (SSSR count). The van der Waals surface area contributed by atoms with E-state index in [0.29, 0.717) is 16.9 Å². The maximum atomic E-state index is 14.6. The van der Waals surface area contributed by atoms with Crippen LogP contribution >= 0.6 is 0 Å². The summed E-state index contributed by atoms with van der Waals surface area (Å²) in [5, 5.41) is 0. The summed E-state index contributed by atoms with van der Waals surface area (Å²) in [5.41, 5.74) is 0.581. The lowest BCUT2D eigenvalue weighted by atomic mass is 9.96. The Morgan fingerprint density at radius 2 is 1.71 bits per heavy atom. The number of anilines is 2. The van der Waals surface area contributed by atoms with Crippen molar-refractivity contribution < 1.29 is 18.7 Å². The van der Waals surface area contributed by atoms with Crippen LogP contribution in [0.3, 0.4) is 0 Å². The molecule has 2 amide bonds. The topological polar surface area (TPSA) is 49.9 Å². The number of fused-ring (bicyclic) bond motifs is 3. The van der Waals surface area contributed by atoms with Crippen molar-refractivity contribution in [2.24, 2.45) is 0 Å². The normalized spacial score (nSPS) is 19.3. The van der Waals surface area contributed by atoms with Crippen LogP contribution in [-0.4, -0.2) is 18.4 Å². The fraction of sp³-hybridized carbons (Fsp3) is 0.120. The SMILES string of the molecule is C=CCN1C(=O)[C@]2(OCc3ccccc3N2C(=O)c2ccccc2F)c2ccccc21. The Hall–Kier alpha value is -3.77. The summed E-state index contributed by atoms with van der Waals surface area (Å²) in [5.74, 6) is -1.71. The second-order valence-electron chi connectivity index (χ2n) is 7.40. The summed E-state index contributed by atoms with van der Waals surface area (Å²) in [4.78, 5) is 30.5. The van der Waals surface area contributed by atoms with Crippen LogP contribution in [0.5, 0.6) is 0 Å². The summed E-state index contributed by atoms with van der Waals surface area (Å²) in [6.45, 7) is 4.14. The van der Waals surface area contributed by atoms with Crippen molar-refractivity contribution in [3.63, 3.8) is 0 Å². The molecule has 2 heterocycles. The van der Waals surface area contributed by atoms with E-state index in [0.717, 1.165) is 5.56 Å². The lowest BCUT2D eigenvalue weighted by Crippen LogP contribution is -2.59. The zero-order chi connectivity index (χ0) is 21.6. The monoisotopic (exact) mass is 414 g/mol. The molecule has 5 nitrogen and oxygen atoms in total. The minimum atomic E-state index is -1.73. The Bertz CT molecular complexity index is 1220. The number of amides is 2. The molecular weight excluding hydrogens is 395 g/mol. The second kappa shape index (κ2) is 7.18. The van der Waals surface area contributed by atoms with E-state index in [-0.39, 0.29) is 18.7 Å². The van der Waals surface area contributed by atoms with E-state index in [9.17, 15) is 14.0 Å². The smallest absolute Gasteiger partial charge is 0.286 e. The molecule has 6 heteroatoms. The number of ether oxygens (including phenoxy) is 1. The van der Waals surface area contributed by atoms with Crippen LogP contribution in [-0.2, 0) is 21.9 Å². The van der Waals surface area contributed by atoms with Crippen LogP contribution in [0, 0.1) is 5.82 Å². The van der Waals surface area contributed by atoms with E-state index < -0.39 is 23.4 Å². The Balaban J connectivity index is 1.78. The molecule has 1 spiro atoms. The largest absolute Gasteiger partial charge is 0.338 e. The number of rotatable bonds is 3. The minimum absolute atomic E-state index is 0.130. The molecule has 0 N–H and O–H groups in total. The first kappa shape index (κ1) is 19.2. The highest BCUT2D eigenvalue weighted by Gasteiger charge is 2.60. The molecule has 31 heavy (non-hydrogen) atoms. The predicted molar refractivity (Wildman–Crippen MR) is 115 cm³/mol. The van der Waals surface area contributed by atoms with Crippen LogP contribution in [0.2, 0.25) is 0 Å². The van der Waals surface area contributed by atoms with E-state index >= 15 is 0 Å². The summed E-state index contributed by atoms with van der Waals surface area (Å²) >= 11 is 0. The minimum Gasteiger partial charge on any atom is -0.338 e. The van der Waals surface area contributed by atoms with Crippen molar-refractivity contribution in [2.75, 3.05) is 16.3 Å². The fourth-order valence-corrected chi connectivity index (χ4v) is 4.34. The number of halogens is 1. The lowest BCUT2D eigenvalue weighted by Gasteiger charge is -2.43. The third kappa shape index (κ3) is 2.65. The molecule has 0 saturated carbocycles. The van der Waals surface area contributed by atoms with Gasteiger partial charge in [-0.15, -0.1) is 6.58 Å². The first-order chi connectivity index (χ1) is 15.1. The summed E-state index contributed by atoms with van der Waals surface area (Å²) < 4.78 is 20.9. The second-order valence-corrected chi connectivity index (χ2v) is 7.40. The standard InChI is InChI=1S/C25H19FN2O3/c1-2-15-27-22-14-8-5-11-19(22)25(24(27)30)28(21-13-7-3-9-17(21)16-31-25)23(29)18-10-4-6-12-20(18)26/h2-14H,1,15-16H2/t25-/m1/s1. The van der Waals surface area contributed by atoms with E-state index in [4.69, 9.17) is 4.74 Å². The number of para-hydroxylation sites is 2. The number of benzene rings is 3. The number of hydrogen-bond donors (Lipinski definition) is 0. The van der Waals surface area contributed by atoms with Gasteiger partial charge in [0.2, 0.25) is 0 Å². The Labute approximate surface area is 179 Å². The van der Waals surface area contributed by atoms with Crippen molar-refractivity contribution in [2.45, 2.75) is 12.3 Å². The van der Waals surface area contributed by atoms with Gasteiger partial charge in [-0.2, -0.15) is 0 Å². The predicted octanol–water partition coefficient (Wildman–Crippen LogP) is 4.39. The Morgan fingerprint density at radius 3 is 2.48 bits per heavy atom. The summed E-state index contributed by atoms with van der Waals surface area (Å²) in [6.07, 6.45) is 1.62. The highest BCUT2D eigenvalue weighted by atomic mass is 19.1.